The molecule has 0 N–H and O–H groups in total. The van der Waals surface area contributed by atoms with Gasteiger partial charge < -0.3 is 0 Å². The molecule has 0 heterocycles. The highest BCUT2D eigenvalue weighted by Gasteiger charge is 2.15. The van der Waals surface area contributed by atoms with Gasteiger partial charge in [-0.15, -0.1) is 0 Å². The van der Waals surface area contributed by atoms with Gasteiger partial charge in [-0.1, -0.05) is 41.4 Å². The Morgan fingerprint density at radius 3 is 2.53 bits per heavy atom. The number of rotatable bonds is 4. The largest absolute Gasteiger partial charge is 0.293 e. The molecule has 0 aromatic heterocycles. The van der Waals surface area contributed by atoms with Crippen LogP contribution in [-0.4, -0.2) is 10.6 Å². The van der Waals surface area contributed by atoms with Crippen molar-refractivity contribution in [2.75, 3.05) is 0 Å². The van der Waals surface area contributed by atoms with Gasteiger partial charge in [0.2, 0.25) is 0 Å². The molecule has 0 saturated heterocycles. The fourth-order valence-electron chi connectivity index (χ4n) is 1.46. The van der Waals surface area contributed by atoms with Gasteiger partial charge in [0.05, 0.1) is 4.83 Å². The highest BCUT2D eigenvalue weighted by atomic mass is 79.9. The second kappa shape index (κ2) is 5.45. The van der Waals surface area contributed by atoms with Crippen molar-refractivity contribution in [3.63, 3.8) is 0 Å². The zero-order valence-electron chi connectivity index (χ0n) is 9.51. The van der Waals surface area contributed by atoms with Crippen LogP contribution in [0.25, 0.3) is 0 Å². The van der Waals surface area contributed by atoms with Crippen LogP contribution in [0.3, 0.4) is 0 Å². The van der Waals surface area contributed by atoms with Gasteiger partial charge in [0.1, 0.15) is 0 Å². The lowest BCUT2D eigenvalue weighted by Crippen LogP contribution is -2.14. The van der Waals surface area contributed by atoms with Gasteiger partial charge >= 0.3 is 0 Å². The summed E-state index contributed by atoms with van der Waals surface area (Å²) in [6, 6.07) is 5.89. The van der Waals surface area contributed by atoms with Crippen LogP contribution in [0.15, 0.2) is 18.2 Å². The first-order valence-corrected chi connectivity index (χ1v) is 6.23. The standard InChI is InChI=1S/C13H17BrO/c1-4-5-12(14)13(15)11-7-6-9(2)10(3)8-11/h6-8,12H,4-5H2,1-3H3. The van der Waals surface area contributed by atoms with Gasteiger partial charge in [-0.3, -0.25) is 4.79 Å². The fraction of sp³-hybridized carbons (Fsp3) is 0.462. The minimum atomic E-state index is -0.0374. The molecule has 1 aromatic rings. The van der Waals surface area contributed by atoms with E-state index in [1.54, 1.807) is 0 Å². The molecule has 0 aliphatic rings. The van der Waals surface area contributed by atoms with Crippen molar-refractivity contribution in [3.05, 3.63) is 34.9 Å². The Morgan fingerprint density at radius 2 is 2.00 bits per heavy atom. The normalized spacial score (nSPS) is 12.5. The number of hydrogen-bond acceptors (Lipinski definition) is 1. The van der Waals surface area contributed by atoms with Crippen molar-refractivity contribution < 1.29 is 4.79 Å². The molecule has 0 radical (unpaired) electrons. The van der Waals surface area contributed by atoms with Crippen LogP contribution in [0.1, 0.15) is 41.3 Å². The molecule has 0 aliphatic heterocycles. The Balaban J connectivity index is 2.87. The molecular weight excluding hydrogens is 252 g/mol. The summed E-state index contributed by atoms with van der Waals surface area (Å²) in [5, 5.41) is 0. The quantitative estimate of drug-likeness (QED) is 0.595. The van der Waals surface area contributed by atoms with Crippen LogP contribution in [0, 0.1) is 13.8 Å². The summed E-state index contributed by atoms with van der Waals surface area (Å²) in [4.78, 5) is 11.9. The van der Waals surface area contributed by atoms with E-state index in [2.05, 4.69) is 29.8 Å². The summed E-state index contributed by atoms with van der Waals surface area (Å²) in [6.45, 7) is 6.18. The number of hydrogen-bond donors (Lipinski definition) is 0. The highest BCUT2D eigenvalue weighted by Crippen LogP contribution is 2.17. The van der Waals surface area contributed by atoms with Crippen molar-refractivity contribution in [2.24, 2.45) is 0 Å². The molecule has 15 heavy (non-hydrogen) atoms. The van der Waals surface area contributed by atoms with E-state index in [9.17, 15) is 4.79 Å². The number of halogens is 1. The van der Waals surface area contributed by atoms with Crippen molar-refractivity contribution in [3.8, 4) is 0 Å². The molecule has 1 unspecified atom stereocenters. The van der Waals surface area contributed by atoms with E-state index in [0.717, 1.165) is 18.4 Å². The van der Waals surface area contributed by atoms with Crippen molar-refractivity contribution in [1.82, 2.24) is 0 Å². The number of Topliss-reactive ketones (excluding diaryl/α,β-unsaturated/α-hetero) is 1. The molecule has 0 aliphatic carbocycles. The van der Waals surface area contributed by atoms with Crippen LogP contribution in [0.4, 0.5) is 0 Å². The molecule has 82 valence electrons. The third kappa shape index (κ3) is 3.16. The third-order valence-corrected chi connectivity index (χ3v) is 3.49. The molecule has 1 aromatic carbocycles. The topological polar surface area (TPSA) is 17.1 Å². The first kappa shape index (κ1) is 12.4. The van der Waals surface area contributed by atoms with Gasteiger partial charge in [-0.2, -0.15) is 0 Å². The van der Waals surface area contributed by atoms with E-state index < -0.39 is 0 Å². The van der Waals surface area contributed by atoms with Crippen LogP contribution >= 0.6 is 15.9 Å². The van der Waals surface area contributed by atoms with Crippen molar-refractivity contribution in [1.29, 1.82) is 0 Å². The number of carbonyl (C=O) groups is 1. The van der Waals surface area contributed by atoms with E-state index in [1.165, 1.54) is 11.1 Å². The Kier molecular flexibility index (Phi) is 4.52. The van der Waals surface area contributed by atoms with Crippen LogP contribution in [0.2, 0.25) is 0 Å². The highest BCUT2D eigenvalue weighted by molar-refractivity contribution is 9.10. The van der Waals surface area contributed by atoms with Crippen LogP contribution < -0.4 is 0 Å². The Bertz CT molecular complexity index is 358. The van der Waals surface area contributed by atoms with Gasteiger partial charge in [0.25, 0.3) is 0 Å². The molecule has 0 bridgehead atoms. The lowest BCUT2D eigenvalue weighted by Gasteiger charge is -2.09. The number of aryl methyl sites for hydroxylation is 2. The second-order valence-corrected chi connectivity index (χ2v) is 5.02. The smallest absolute Gasteiger partial charge is 0.176 e. The molecule has 1 atom stereocenters. The molecule has 1 rings (SSSR count). The summed E-state index contributed by atoms with van der Waals surface area (Å²) in [5.41, 5.74) is 3.22. The lowest BCUT2D eigenvalue weighted by molar-refractivity contribution is 0.0988. The van der Waals surface area contributed by atoms with E-state index >= 15 is 0 Å². The summed E-state index contributed by atoms with van der Waals surface area (Å²) in [5.74, 6) is 0.194. The molecule has 0 spiro atoms. The van der Waals surface area contributed by atoms with Gasteiger partial charge in [0.15, 0.2) is 5.78 Å². The zero-order valence-corrected chi connectivity index (χ0v) is 11.1. The first-order valence-electron chi connectivity index (χ1n) is 5.31. The monoisotopic (exact) mass is 268 g/mol. The maximum atomic E-state index is 12.0. The van der Waals surface area contributed by atoms with Gasteiger partial charge in [0, 0.05) is 5.56 Å². The number of benzene rings is 1. The number of ketones is 1. The maximum Gasteiger partial charge on any atom is 0.176 e. The van der Waals surface area contributed by atoms with Crippen LogP contribution in [-0.2, 0) is 0 Å². The summed E-state index contributed by atoms with van der Waals surface area (Å²) in [6.07, 6.45) is 1.91. The number of alkyl halides is 1. The van der Waals surface area contributed by atoms with Crippen molar-refractivity contribution >= 4 is 21.7 Å². The van der Waals surface area contributed by atoms with Gasteiger partial charge in [-0.05, 0) is 37.5 Å². The van der Waals surface area contributed by atoms with E-state index in [-0.39, 0.29) is 10.6 Å². The molecule has 0 fully saturated rings. The predicted molar refractivity (Wildman–Crippen MR) is 67.9 cm³/mol. The minimum absolute atomic E-state index is 0.0374. The van der Waals surface area contributed by atoms with Crippen LogP contribution in [0.5, 0.6) is 0 Å². The Labute approximate surface area is 100 Å². The fourth-order valence-corrected chi connectivity index (χ4v) is 2.18. The summed E-state index contributed by atoms with van der Waals surface area (Å²) < 4.78 is 0. The minimum Gasteiger partial charge on any atom is -0.293 e. The first-order chi connectivity index (χ1) is 7.06. The molecule has 1 nitrogen and oxygen atoms in total. The Hall–Kier alpha value is -0.630. The summed E-state index contributed by atoms with van der Waals surface area (Å²) in [7, 11) is 0. The lowest BCUT2D eigenvalue weighted by atomic mass is 10.0. The molecule has 2 heteroatoms. The third-order valence-electron chi connectivity index (χ3n) is 2.62. The van der Waals surface area contributed by atoms with Crippen molar-refractivity contribution in [2.45, 2.75) is 38.4 Å². The maximum absolute atomic E-state index is 12.0. The van der Waals surface area contributed by atoms with E-state index in [4.69, 9.17) is 0 Å². The second-order valence-electron chi connectivity index (χ2n) is 3.92. The predicted octanol–water partition coefficient (Wildman–Crippen LogP) is 4.05. The molecular formula is C13H17BrO. The average Bonchev–Trinajstić information content (AvgIpc) is 2.21. The summed E-state index contributed by atoms with van der Waals surface area (Å²) >= 11 is 3.43. The SMILES string of the molecule is CCCC(Br)C(=O)c1ccc(C)c(C)c1. The van der Waals surface area contributed by atoms with E-state index in [1.807, 2.05) is 25.1 Å². The number of carbonyl (C=O) groups excluding carboxylic acids is 1. The average molecular weight is 269 g/mol. The molecule has 0 saturated carbocycles. The zero-order chi connectivity index (χ0) is 11.4. The van der Waals surface area contributed by atoms with E-state index in [0.29, 0.717) is 0 Å². The molecule has 0 amide bonds. The Morgan fingerprint density at radius 1 is 1.33 bits per heavy atom. The van der Waals surface area contributed by atoms with Gasteiger partial charge in [-0.25, -0.2) is 0 Å².